The van der Waals surface area contributed by atoms with Crippen LogP contribution in [0.25, 0.3) is 22.4 Å². The SMILES string of the molecule is CCc1cc2c(C(=O)NC)c(-c3ccc(F)cc3)oc2nc1N(CCCCS(=O)(=O)CC)[SH](=O)=O. The number of anilines is 1. The molecule has 0 aliphatic heterocycles. The Labute approximate surface area is 205 Å². The number of benzene rings is 1. The van der Waals surface area contributed by atoms with Gasteiger partial charge >= 0.3 is 0 Å². The molecule has 1 aromatic carbocycles. The fourth-order valence-corrected chi connectivity index (χ4v) is 5.25. The van der Waals surface area contributed by atoms with Crippen molar-refractivity contribution in [2.75, 3.05) is 29.4 Å². The van der Waals surface area contributed by atoms with Crippen molar-refractivity contribution in [1.82, 2.24) is 10.3 Å². The second kappa shape index (κ2) is 11.2. The standard InChI is InChI=1S/C23H28FN3O6S2/c1-4-15-14-18-19(22(28)25-3)20(16-8-10-17(24)11-9-16)33-23(18)26-21(15)27(34(29)30)12-6-7-13-35(31,32)5-2/h8-11,14,34H,4-7,12-13H2,1-3H3,(H,25,28). The number of pyridine rings is 1. The van der Waals surface area contributed by atoms with Gasteiger partial charge in [0.1, 0.15) is 27.2 Å². The topological polar surface area (TPSA) is 127 Å². The lowest BCUT2D eigenvalue weighted by Gasteiger charge is -2.19. The van der Waals surface area contributed by atoms with Gasteiger partial charge in [0.05, 0.1) is 16.7 Å². The number of fused-ring (bicyclic) bond motifs is 1. The number of unbranched alkanes of at least 4 members (excludes halogenated alkanes) is 1. The zero-order valence-electron chi connectivity index (χ0n) is 19.7. The summed E-state index contributed by atoms with van der Waals surface area (Å²) >= 11 is 0. The Morgan fingerprint density at radius 1 is 1.17 bits per heavy atom. The minimum Gasteiger partial charge on any atom is -0.437 e. The van der Waals surface area contributed by atoms with Crippen LogP contribution in [0.4, 0.5) is 10.2 Å². The molecule has 0 unspecified atom stereocenters. The van der Waals surface area contributed by atoms with Crippen molar-refractivity contribution in [1.29, 1.82) is 0 Å². The highest BCUT2D eigenvalue weighted by Crippen LogP contribution is 2.36. The summed E-state index contributed by atoms with van der Waals surface area (Å²) in [6.07, 6.45) is 1.07. The maximum atomic E-state index is 13.4. The van der Waals surface area contributed by atoms with E-state index in [1.165, 1.54) is 31.3 Å². The van der Waals surface area contributed by atoms with Gasteiger partial charge in [-0.05, 0) is 55.2 Å². The molecule has 0 saturated carbocycles. The zero-order chi connectivity index (χ0) is 25.8. The van der Waals surface area contributed by atoms with E-state index < -0.39 is 32.5 Å². The maximum Gasteiger partial charge on any atom is 0.255 e. The van der Waals surface area contributed by atoms with Crippen molar-refractivity contribution in [2.45, 2.75) is 33.1 Å². The van der Waals surface area contributed by atoms with Crippen molar-refractivity contribution in [3.63, 3.8) is 0 Å². The first kappa shape index (κ1) is 26.6. The molecule has 3 rings (SSSR count). The Kier molecular flexibility index (Phi) is 8.49. The Balaban J connectivity index is 2.07. The summed E-state index contributed by atoms with van der Waals surface area (Å²) in [6.45, 7) is 3.45. The van der Waals surface area contributed by atoms with Crippen molar-refractivity contribution >= 4 is 43.6 Å². The number of rotatable bonds is 11. The van der Waals surface area contributed by atoms with Crippen molar-refractivity contribution in [3.05, 3.63) is 47.3 Å². The molecule has 0 atom stereocenters. The average Bonchev–Trinajstić information content (AvgIpc) is 3.21. The van der Waals surface area contributed by atoms with Crippen molar-refractivity contribution < 1.29 is 30.4 Å². The van der Waals surface area contributed by atoms with Gasteiger partial charge in [0.2, 0.25) is 16.6 Å². The van der Waals surface area contributed by atoms with Crippen LogP contribution in [-0.2, 0) is 27.1 Å². The largest absolute Gasteiger partial charge is 0.437 e. The highest BCUT2D eigenvalue weighted by molar-refractivity contribution is 7.91. The van der Waals surface area contributed by atoms with Gasteiger partial charge in [0.25, 0.3) is 5.91 Å². The summed E-state index contributed by atoms with van der Waals surface area (Å²) in [5.41, 5.74) is 1.32. The summed E-state index contributed by atoms with van der Waals surface area (Å²) < 4.78 is 68.1. The number of hydrogen-bond donors (Lipinski definition) is 2. The molecule has 0 saturated heterocycles. The molecule has 0 fully saturated rings. The van der Waals surface area contributed by atoms with E-state index in [-0.39, 0.29) is 40.9 Å². The number of halogens is 1. The molecule has 0 spiro atoms. The quantitative estimate of drug-likeness (QED) is 0.291. The van der Waals surface area contributed by atoms with Crippen molar-refractivity contribution in [3.8, 4) is 11.3 Å². The molecule has 35 heavy (non-hydrogen) atoms. The first-order valence-corrected chi connectivity index (χ1v) is 14.1. The van der Waals surface area contributed by atoms with Crippen LogP contribution in [0.1, 0.15) is 42.6 Å². The molecule has 3 aromatic rings. The van der Waals surface area contributed by atoms with Gasteiger partial charge in [-0.1, -0.05) is 13.8 Å². The Morgan fingerprint density at radius 3 is 2.43 bits per heavy atom. The van der Waals surface area contributed by atoms with Crippen LogP contribution in [-0.4, -0.2) is 52.8 Å². The number of aryl methyl sites for hydroxylation is 1. The third-order valence-corrected chi connectivity index (χ3v) is 8.21. The first-order chi connectivity index (χ1) is 16.6. The maximum absolute atomic E-state index is 13.4. The minimum atomic E-state index is -3.15. The first-order valence-electron chi connectivity index (χ1n) is 11.2. The van der Waals surface area contributed by atoms with Gasteiger partial charge in [-0.15, -0.1) is 0 Å². The summed E-state index contributed by atoms with van der Waals surface area (Å²) in [5, 5.41) is 2.97. The lowest BCUT2D eigenvalue weighted by atomic mass is 10.0. The van der Waals surface area contributed by atoms with Crippen LogP contribution in [0.3, 0.4) is 0 Å². The van der Waals surface area contributed by atoms with Crippen LogP contribution < -0.4 is 9.62 Å². The number of aromatic nitrogens is 1. The Morgan fingerprint density at radius 2 is 1.86 bits per heavy atom. The predicted octanol–water partition coefficient (Wildman–Crippen LogP) is 3.10. The van der Waals surface area contributed by atoms with Crippen LogP contribution in [0.2, 0.25) is 0 Å². The van der Waals surface area contributed by atoms with E-state index in [1.54, 1.807) is 13.0 Å². The van der Waals surface area contributed by atoms with E-state index in [0.717, 1.165) is 4.31 Å². The zero-order valence-corrected chi connectivity index (χ0v) is 21.4. The fraction of sp³-hybridized carbons (Fsp3) is 0.391. The van der Waals surface area contributed by atoms with E-state index in [1.807, 2.05) is 6.92 Å². The van der Waals surface area contributed by atoms with Crippen LogP contribution in [0.5, 0.6) is 0 Å². The van der Waals surface area contributed by atoms with Gasteiger partial charge < -0.3 is 9.73 Å². The molecule has 1 N–H and O–H groups in total. The minimum absolute atomic E-state index is 0.0191. The van der Waals surface area contributed by atoms with Crippen molar-refractivity contribution in [2.24, 2.45) is 0 Å². The molecule has 0 bridgehead atoms. The molecule has 2 heterocycles. The molecule has 0 aliphatic rings. The monoisotopic (exact) mass is 525 g/mol. The Hall–Kier alpha value is -2.99. The van der Waals surface area contributed by atoms with E-state index >= 15 is 0 Å². The number of hydrogen-bond acceptors (Lipinski definition) is 7. The molecule has 1 amide bonds. The number of carbonyl (C=O) groups is 1. The third kappa shape index (κ3) is 5.99. The lowest BCUT2D eigenvalue weighted by Crippen LogP contribution is -2.25. The summed E-state index contributed by atoms with van der Waals surface area (Å²) in [4.78, 5) is 17.2. The van der Waals surface area contributed by atoms with Crippen LogP contribution in [0.15, 0.2) is 34.7 Å². The molecule has 0 radical (unpaired) electrons. The highest BCUT2D eigenvalue weighted by Gasteiger charge is 2.25. The second-order valence-electron chi connectivity index (χ2n) is 7.87. The van der Waals surface area contributed by atoms with Gasteiger partial charge in [-0.2, -0.15) is 4.98 Å². The molecule has 9 nitrogen and oxygen atoms in total. The van der Waals surface area contributed by atoms with E-state index in [9.17, 15) is 26.0 Å². The number of sulfone groups is 1. The number of thiol groups is 1. The number of carbonyl (C=O) groups excluding carboxylic acids is 1. The Bertz CT molecular complexity index is 1390. The number of nitrogens with zero attached hydrogens (tertiary/aromatic N) is 2. The molecule has 2 aromatic heterocycles. The molecule has 0 aliphatic carbocycles. The van der Waals surface area contributed by atoms with Gasteiger partial charge in [-0.3, -0.25) is 9.10 Å². The van der Waals surface area contributed by atoms with E-state index in [2.05, 4.69) is 10.3 Å². The second-order valence-corrected chi connectivity index (χ2v) is 11.3. The number of furan rings is 1. The lowest BCUT2D eigenvalue weighted by molar-refractivity contribution is 0.0964. The molecular weight excluding hydrogens is 497 g/mol. The summed E-state index contributed by atoms with van der Waals surface area (Å²) in [6, 6.07) is 7.12. The fourth-order valence-electron chi connectivity index (χ4n) is 3.69. The van der Waals surface area contributed by atoms with Gasteiger partial charge in [0, 0.05) is 24.9 Å². The smallest absolute Gasteiger partial charge is 0.255 e. The van der Waals surface area contributed by atoms with Gasteiger partial charge in [0.15, 0.2) is 0 Å². The molecule has 12 heteroatoms. The van der Waals surface area contributed by atoms with Crippen LogP contribution in [0, 0.1) is 5.82 Å². The summed E-state index contributed by atoms with van der Waals surface area (Å²) in [5.74, 6) is -0.501. The van der Waals surface area contributed by atoms with E-state index in [0.29, 0.717) is 35.8 Å². The van der Waals surface area contributed by atoms with Crippen LogP contribution >= 0.6 is 0 Å². The normalized spacial score (nSPS) is 11.8. The average molecular weight is 526 g/mol. The van der Waals surface area contributed by atoms with E-state index in [4.69, 9.17) is 4.42 Å². The number of nitrogens with one attached hydrogen (secondary N) is 1. The number of amides is 1. The summed E-state index contributed by atoms with van der Waals surface area (Å²) in [7, 11) is -4.75. The van der Waals surface area contributed by atoms with Gasteiger partial charge in [-0.25, -0.2) is 21.2 Å². The molecular formula is C23H28FN3O6S2. The highest BCUT2D eigenvalue weighted by atomic mass is 32.2. The molecule has 190 valence electrons. The third-order valence-electron chi connectivity index (χ3n) is 5.64. The predicted molar refractivity (Wildman–Crippen MR) is 133 cm³/mol.